The molecule has 21 heavy (non-hydrogen) atoms. The highest BCUT2D eigenvalue weighted by Gasteiger charge is 2.10. The van der Waals surface area contributed by atoms with E-state index in [0.29, 0.717) is 11.6 Å². The lowest BCUT2D eigenvalue weighted by Crippen LogP contribution is -1.95. The van der Waals surface area contributed by atoms with E-state index in [0.717, 1.165) is 28.1 Å². The van der Waals surface area contributed by atoms with E-state index < -0.39 is 0 Å². The van der Waals surface area contributed by atoms with Crippen LogP contribution in [0.3, 0.4) is 0 Å². The molecule has 5 nitrogen and oxygen atoms in total. The first-order valence-electron chi connectivity index (χ1n) is 6.66. The van der Waals surface area contributed by atoms with Gasteiger partial charge in [-0.3, -0.25) is 0 Å². The van der Waals surface area contributed by atoms with E-state index in [1.165, 1.54) is 0 Å². The van der Waals surface area contributed by atoms with Gasteiger partial charge in [-0.15, -0.1) is 0 Å². The van der Waals surface area contributed by atoms with Gasteiger partial charge in [0.15, 0.2) is 5.75 Å². The van der Waals surface area contributed by atoms with Crippen LogP contribution >= 0.6 is 0 Å². The Morgan fingerprint density at radius 2 is 1.81 bits per heavy atom. The van der Waals surface area contributed by atoms with Gasteiger partial charge in [-0.1, -0.05) is 6.07 Å². The summed E-state index contributed by atoms with van der Waals surface area (Å²) in [6.07, 6.45) is 0. The van der Waals surface area contributed by atoms with Crippen molar-refractivity contribution in [3.8, 4) is 22.9 Å². The van der Waals surface area contributed by atoms with E-state index in [9.17, 15) is 0 Å². The van der Waals surface area contributed by atoms with E-state index in [2.05, 4.69) is 20.6 Å². The molecule has 5 heteroatoms. The average Bonchev–Trinajstić information content (AvgIpc) is 2.80. The number of methoxy groups -OCH3 is 2. The Hall–Kier alpha value is -2.56. The van der Waals surface area contributed by atoms with Gasteiger partial charge in [0, 0.05) is 12.6 Å². The molecule has 2 heterocycles. The van der Waals surface area contributed by atoms with Gasteiger partial charge in [-0.2, -0.15) is 0 Å². The fraction of sp³-hybridized carbons (Fsp3) is 0.250. The number of aromatic nitrogens is 3. The standard InChI is InChI=1S/C16H17N3O2/c1-10-17-13-9-11(5-7-14(13)19(10)2)12-6-8-15(20-3)16(18-12)21-4/h5-9H,1-4H3. The zero-order valence-electron chi connectivity index (χ0n) is 12.5. The molecule has 0 amide bonds. The van der Waals surface area contributed by atoms with Crippen LogP contribution in [0, 0.1) is 6.92 Å². The number of fused-ring (bicyclic) bond motifs is 1. The molecule has 0 atom stereocenters. The highest BCUT2D eigenvalue weighted by molar-refractivity contribution is 5.82. The molecule has 0 radical (unpaired) electrons. The summed E-state index contributed by atoms with van der Waals surface area (Å²) >= 11 is 0. The molecule has 3 aromatic rings. The van der Waals surface area contributed by atoms with Gasteiger partial charge in [-0.05, 0) is 31.2 Å². The summed E-state index contributed by atoms with van der Waals surface area (Å²) in [5.74, 6) is 2.09. The summed E-state index contributed by atoms with van der Waals surface area (Å²) in [6.45, 7) is 1.99. The number of pyridine rings is 1. The van der Waals surface area contributed by atoms with Gasteiger partial charge in [0.2, 0.25) is 0 Å². The number of hydrogen-bond acceptors (Lipinski definition) is 4. The number of rotatable bonds is 3. The molecule has 0 N–H and O–H groups in total. The fourth-order valence-corrected chi connectivity index (χ4v) is 2.37. The second-order valence-corrected chi connectivity index (χ2v) is 4.83. The first-order valence-corrected chi connectivity index (χ1v) is 6.66. The number of imidazole rings is 1. The number of benzene rings is 1. The van der Waals surface area contributed by atoms with Gasteiger partial charge in [0.05, 0.1) is 30.9 Å². The van der Waals surface area contributed by atoms with Gasteiger partial charge >= 0.3 is 0 Å². The Bertz CT molecular complexity index is 809. The van der Waals surface area contributed by atoms with Crippen LogP contribution in [0.1, 0.15) is 5.82 Å². The molecule has 0 aliphatic carbocycles. The SMILES string of the molecule is COc1ccc(-c2ccc3c(c2)nc(C)n3C)nc1OC. The summed E-state index contributed by atoms with van der Waals surface area (Å²) in [5.41, 5.74) is 3.90. The lowest BCUT2D eigenvalue weighted by Gasteiger charge is -2.08. The molecular weight excluding hydrogens is 266 g/mol. The molecule has 0 bridgehead atoms. The molecule has 2 aromatic heterocycles. The second-order valence-electron chi connectivity index (χ2n) is 4.83. The topological polar surface area (TPSA) is 49.2 Å². The van der Waals surface area contributed by atoms with E-state index in [-0.39, 0.29) is 0 Å². The van der Waals surface area contributed by atoms with Crippen molar-refractivity contribution in [1.82, 2.24) is 14.5 Å². The van der Waals surface area contributed by atoms with Crippen LogP contribution in [0.2, 0.25) is 0 Å². The summed E-state index contributed by atoms with van der Waals surface area (Å²) < 4.78 is 12.5. The lowest BCUT2D eigenvalue weighted by atomic mass is 10.1. The van der Waals surface area contributed by atoms with Crippen molar-refractivity contribution in [1.29, 1.82) is 0 Å². The first-order chi connectivity index (χ1) is 10.1. The van der Waals surface area contributed by atoms with Gasteiger partial charge in [-0.25, -0.2) is 9.97 Å². The summed E-state index contributed by atoms with van der Waals surface area (Å²) in [4.78, 5) is 9.04. The highest BCUT2D eigenvalue weighted by Crippen LogP contribution is 2.29. The van der Waals surface area contributed by atoms with Crippen LogP contribution in [-0.2, 0) is 7.05 Å². The number of hydrogen-bond donors (Lipinski definition) is 0. The van der Waals surface area contributed by atoms with Gasteiger partial charge in [0.1, 0.15) is 5.82 Å². The predicted molar refractivity (Wildman–Crippen MR) is 81.8 cm³/mol. The maximum atomic E-state index is 5.25. The molecular formula is C16H17N3O2. The van der Waals surface area contributed by atoms with Crippen molar-refractivity contribution in [2.45, 2.75) is 6.92 Å². The lowest BCUT2D eigenvalue weighted by molar-refractivity contribution is 0.343. The Morgan fingerprint density at radius 1 is 1.00 bits per heavy atom. The van der Waals surface area contributed by atoms with Crippen LogP contribution in [-0.4, -0.2) is 28.8 Å². The Kier molecular flexibility index (Phi) is 3.25. The molecule has 3 rings (SSSR count). The number of nitrogens with zero attached hydrogens (tertiary/aromatic N) is 3. The maximum Gasteiger partial charge on any atom is 0.257 e. The quantitative estimate of drug-likeness (QED) is 0.741. The van der Waals surface area contributed by atoms with E-state index in [1.807, 2.05) is 38.2 Å². The van der Waals surface area contributed by atoms with Crippen molar-refractivity contribution >= 4 is 11.0 Å². The molecule has 108 valence electrons. The van der Waals surface area contributed by atoms with Crippen molar-refractivity contribution in [2.24, 2.45) is 7.05 Å². The minimum atomic E-state index is 0.479. The maximum absolute atomic E-state index is 5.25. The monoisotopic (exact) mass is 283 g/mol. The van der Waals surface area contributed by atoms with Crippen LogP contribution in [0.15, 0.2) is 30.3 Å². The molecule has 0 saturated heterocycles. The fourth-order valence-electron chi connectivity index (χ4n) is 2.37. The molecule has 0 aliphatic heterocycles. The highest BCUT2D eigenvalue weighted by atomic mass is 16.5. The Morgan fingerprint density at radius 3 is 2.52 bits per heavy atom. The molecule has 0 spiro atoms. The third kappa shape index (κ3) is 2.20. The molecule has 0 aliphatic rings. The Balaban J connectivity index is 2.11. The van der Waals surface area contributed by atoms with Crippen molar-refractivity contribution in [3.05, 3.63) is 36.2 Å². The molecule has 1 aromatic carbocycles. The van der Waals surface area contributed by atoms with Crippen molar-refractivity contribution in [2.75, 3.05) is 14.2 Å². The molecule has 0 saturated carbocycles. The zero-order valence-corrected chi connectivity index (χ0v) is 12.5. The normalized spacial score (nSPS) is 10.9. The van der Waals surface area contributed by atoms with Crippen LogP contribution in [0.5, 0.6) is 11.6 Å². The molecule has 0 unspecified atom stereocenters. The van der Waals surface area contributed by atoms with Crippen LogP contribution < -0.4 is 9.47 Å². The molecule has 0 fully saturated rings. The third-order valence-corrected chi connectivity index (χ3v) is 3.64. The third-order valence-electron chi connectivity index (χ3n) is 3.64. The summed E-state index contributed by atoms with van der Waals surface area (Å²) in [6, 6.07) is 9.91. The smallest absolute Gasteiger partial charge is 0.257 e. The minimum absolute atomic E-state index is 0.479. The first kappa shape index (κ1) is 13.4. The van der Waals surface area contributed by atoms with Gasteiger partial charge in [0.25, 0.3) is 5.88 Å². The number of aryl methyl sites for hydroxylation is 2. The van der Waals surface area contributed by atoms with Crippen molar-refractivity contribution in [3.63, 3.8) is 0 Å². The number of ether oxygens (including phenoxy) is 2. The summed E-state index contributed by atoms with van der Waals surface area (Å²) in [5, 5.41) is 0. The minimum Gasteiger partial charge on any atom is -0.491 e. The van der Waals surface area contributed by atoms with Gasteiger partial charge < -0.3 is 14.0 Å². The zero-order chi connectivity index (χ0) is 15.0. The average molecular weight is 283 g/mol. The second kappa shape index (κ2) is 5.09. The largest absolute Gasteiger partial charge is 0.491 e. The predicted octanol–water partition coefficient (Wildman–Crippen LogP) is 2.96. The van der Waals surface area contributed by atoms with Crippen molar-refractivity contribution < 1.29 is 9.47 Å². The summed E-state index contributed by atoms with van der Waals surface area (Å²) in [7, 11) is 5.20. The van der Waals surface area contributed by atoms with Crippen LogP contribution in [0.25, 0.3) is 22.3 Å². The van der Waals surface area contributed by atoms with E-state index in [4.69, 9.17) is 9.47 Å². The van der Waals surface area contributed by atoms with Crippen LogP contribution in [0.4, 0.5) is 0 Å². The van der Waals surface area contributed by atoms with E-state index >= 15 is 0 Å². The Labute approximate surface area is 123 Å². The van der Waals surface area contributed by atoms with E-state index in [1.54, 1.807) is 14.2 Å².